The van der Waals surface area contributed by atoms with E-state index in [1.54, 1.807) is 6.07 Å². The molecule has 7 heteroatoms. The third-order valence-electron chi connectivity index (χ3n) is 2.24. The van der Waals surface area contributed by atoms with Gasteiger partial charge in [0.25, 0.3) is 0 Å². The summed E-state index contributed by atoms with van der Waals surface area (Å²) in [5, 5.41) is 17.6. The number of nitrogens with zero attached hydrogens (tertiary/aromatic N) is 1. The normalized spacial score (nSPS) is 10.9. The number of ether oxygens (including phenoxy) is 1. The van der Waals surface area contributed by atoms with E-state index in [1.807, 2.05) is 0 Å². The van der Waals surface area contributed by atoms with Crippen LogP contribution in [0.15, 0.2) is 12.1 Å². The Balaban J connectivity index is 3.55. The summed E-state index contributed by atoms with van der Waals surface area (Å²) in [6.07, 6.45) is -4.73. The van der Waals surface area contributed by atoms with E-state index in [9.17, 15) is 18.0 Å². The quantitative estimate of drug-likeness (QED) is 0.823. The van der Waals surface area contributed by atoms with E-state index in [-0.39, 0.29) is 5.56 Å². The fourth-order valence-electron chi connectivity index (χ4n) is 1.41. The first-order chi connectivity index (χ1) is 8.35. The topological polar surface area (TPSA) is 70.3 Å². The van der Waals surface area contributed by atoms with Crippen molar-refractivity contribution in [3.63, 3.8) is 0 Å². The molecule has 0 saturated heterocycles. The first-order valence-corrected chi connectivity index (χ1v) is 4.68. The van der Waals surface area contributed by atoms with E-state index < -0.39 is 35.4 Å². The van der Waals surface area contributed by atoms with Crippen LogP contribution in [0.1, 0.15) is 27.0 Å². The number of esters is 1. The van der Waals surface area contributed by atoms with Gasteiger partial charge in [-0.1, -0.05) is 0 Å². The molecule has 0 aromatic heterocycles. The van der Waals surface area contributed by atoms with Crippen molar-refractivity contribution in [1.29, 1.82) is 5.26 Å². The zero-order valence-corrected chi connectivity index (χ0v) is 9.21. The zero-order valence-electron chi connectivity index (χ0n) is 9.21. The summed E-state index contributed by atoms with van der Waals surface area (Å²) in [5.74, 6) is -1.04. The maximum Gasteiger partial charge on any atom is 0.416 e. The Hall–Kier alpha value is -2.07. The Labute approximate surface area is 100 Å². The summed E-state index contributed by atoms with van der Waals surface area (Å²) in [7, 11) is 0.997. The molecule has 0 bridgehead atoms. The number of alkyl halides is 3. The molecule has 1 aromatic rings. The predicted molar refractivity (Wildman–Crippen MR) is 53.4 cm³/mol. The Bertz CT molecular complexity index is 517. The summed E-state index contributed by atoms with van der Waals surface area (Å²) in [5.41, 5.74) is -2.39. The number of hydrogen-bond acceptors (Lipinski definition) is 4. The van der Waals surface area contributed by atoms with Gasteiger partial charge in [0.1, 0.15) is 6.07 Å². The number of hydrogen-bond donors (Lipinski definition) is 1. The highest BCUT2D eigenvalue weighted by Crippen LogP contribution is 2.34. The molecule has 1 aromatic carbocycles. The molecule has 0 radical (unpaired) electrons. The highest BCUT2D eigenvalue weighted by atomic mass is 19.4. The van der Waals surface area contributed by atoms with Gasteiger partial charge in [-0.2, -0.15) is 18.4 Å². The number of carbonyl (C=O) groups excluding carboxylic acids is 1. The molecule has 1 rings (SSSR count). The van der Waals surface area contributed by atoms with Gasteiger partial charge in [-0.3, -0.25) is 0 Å². The molecule has 0 aliphatic carbocycles. The van der Waals surface area contributed by atoms with Crippen LogP contribution < -0.4 is 0 Å². The van der Waals surface area contributed by atoms with Crippen molar-refractivity contribution in [2.45, 2.75) is 12.8 Å². The molecule has 18 heavy (non-hydrogen) atoms. The van der Waals surface area contributed by atoms with Gasteiger partial charge in [0, 0.05) is 0 Å². The predicted octanol–water partition coefficient (Wildman–Crippen LogP) is 1.86. The molecule has 1 N–H and O–H groups in total. The van der Waals surface area contributed by atoms with Gasteiger partial charge < -0.3 is 9.84 Å². The summed E-state index contributed by atoms with van der Waals surface area (Å²) in [6.45, 7) is -0.884. The second kappa shape index (κ2) is 5.06. The van der Waals surface area contributed by atoms with Crippen LogP contribution in [-0.4, -0.2) is 18.2 Å². The van der Waals surface area contributed by atoms with Crippen LogP contribution in [0.5, 0.6) is 0 Å². The summed E-state index contributed by atoms with van der Waals surface area (Å²) in [4.78, 5) is 11.3. The molecular formula is C11H8F3NO3. The van der Waals surface area contributed by atoms with E-state index in [2.05, 4.69) is 4.74 Å². The third-order valence-corrected chi connectivity index (χ3v) is 2.24. The second-order valence-electron chi connectivity index (χ2n) is 3.31. The minimum absolute atomic E-state index is 0.279. The van der Waals surface area contributed by atoms with Crippen molar-refractivity contribution >= 4 is 5.97 Å². The van der Waals surface area contributed by atoms with Crippen molar-refractivity contribution < 1.29 is 27.8 Å². The molecule has 0 aliphatic rings. The van der Waals surface area contributed by atoms with E-state index in [4.69, 9.17) is 10.4 Å². The van der Waals surface area contributed by atoms with Gasteiger partial charge in [0.15, 0.2) is 0 Å². The maximum absolute atomic E-state index is 12.7. The van der Waals surface area contributed by atoms with Gasteiger partial charge in [-0.05, 0) is 17.7 Å². The number of aliphatic hydroxyl groups is 1. The fourth-order valence-corrected chi connectivity index (χ4v) is 1.41. The highest BCUT2D eigenvalue weighted by molar-refractivity contribution is 5.92. The number of benzene rings is 1. The van der Waals surface area contributed by atoms with Crippen molar-refractivity contribution in [2.24, 2.45) is 0 Å². The van der Waals surface area contributed by atoms with Crippen molar-refractivity contribution in [3.05, 3.63) is 34.4 Å². The van der Waals surface area contributed by atoms with Crippen LogP contribution in [-0.2, 0) is 17.5 Å². The molecule has 0 fully saturated rings. The van der Waals surface area contributed by atoms with Crippen molar-refractivity contribution in [3.8, 4) is 6.07 Å². The number of aliphatic hydroxyl groups excluding tert-OH is 1. The number of methoxy groups -OCH3 is 1. The fraction of sp³-hybridized carbons (Fsp3) is 0.273. The zero-order chi connectivity index (χ0) is 13.9. The SMILES string of the molecule is COC(=O)c1cc(C(F)(F)F)c(CO)cc1C#N. The summed E-state index contributed by atoms with van der Waals surface area (Å²) < 4.78 is 42.3. The molecule has 0 atom stereocenters. The Kier molecular flexibility index (Phi) is 3.93. The number of halogens is 3. The Morgan fingerprint density at radius 1 is 1.50 bits per heavy atom. The Morgan fingerprint density at radius 3 is 2.50 bits per heavy atom. The first kappa shape index (κ1) is 14.0. The highest BCUT2D eigenvalue weighted by Gasteiger charge is 2.35. The molecular weight excluding hydrogens is 251 g/mol. The molecule has 96 valence electrons. The minimum atomic E-state index is -4.73. The molecule has 0 unspecified atom stereocenters. The van der Waals surface area contributed by atoms with Crippen LogP contribution in [0.2, 0.25) is 0 Å². The molecule has 0 saturated carbocycles. The minimum Gasteiger partial charge on any atom is -0.465 e. The number of rotatable bonds is 2. The molecule has 4 nitrogen and oxygen atoms in total. The molecule has 0 aliphatic heterocycles. The number of nitriles is 1. The lowest BCUT2D eigenvalue weighted by Crippen LogP contribution is -2.14. The average molecular weight is 259 g/mol. The van der Waals surface area contributed by atoms with Gasteiger partial charge in [-0.25, -0.2) is 4.79 Å². The van der Waals surface area contributed by atoms with Crippen LogP contribution in [0.3, 0.4) is 0 Å². The first-order valence-electron chi connectivity index (χ1n) is 4.68. The summed E-state index contributed by atoms with van der Waals surface area (Å²) in [6, 6.07) is 2.92. The second-order valence-corrected chi connectivity index (χ2v) is 3.31. The molecule has 0 amide bonds. The van der Waals surface area contributed by atoms with Gasteiger partial charge in [0.05, 0.1) is 30.4 Å². The lowest BCUT2D eigenvalue weighted by Gasteiger charge is -2.13. The van der Waals surface area contributed by atoms with E-state index in [1.165, 1.54) is 0 Å². The van der Waals surface area contributed by atoms with E-state index in [0.29, 0.717) is 6.07 Å². The van der Waals surface area contributed by atoms with E-state index in [0.717, 1.165) is 13.2 Å². The lowest BCUT2D eigenvalue weighted by molar-refractivity contribution is -0.138. The van der Waals surface area contributed by atoms with Gasteiger partial charge in [0.2, 0.25) is 0 Å². The smallest absolute Gasteiger partial charge is 0.416 e. The summed E-state index contributed by atoms with van der Waals surface area (Å²) >= 11 is 0. The third kappa shape index (κ3) is 2.60. The van der Waals surface area contributed by atoms with Crippen LogP contribution in [0, 0.1) is 11.3 Å². The van der Waals surface area contributed by atoms with Crippen LogP contribution in [0.4, 0.5) is 13.2 Å². The largest absolute Gasteiger partial charge is 0.465 e. The Morgan fingerprint density at radius 2 is 2.11 bits per heavy atom. The lowest BCUT2D eigenvalue weighted by atomic mass is 9.99. The van der Waals surface area contributed by atoms with Gasteiger partial charge in [-0.15, -0.1) is 0 Å². The standard InChI is InChI=1S/C11H8F3NO3/c1-18-10(17)8-3-9(11(12,13)14)7(5-16)2-6(8)4-15/h2-3,16H,5H2,1H3. The molecule has 0 spiro atoms. The monoisotopic (exact) mass is 259 g/mol. The van der Waals surface area contributed by atoms with Gasteiger partial charge >= 0.3 is 12.1 Å². The van der Waals surface area contributed by atoms with Crippen molar-refractivity contribution in [2.75, 3.05) is 7.11 Å². The number of carbonyl (C=O) groups is 1. The van der Waals surface area contributed by atoms with Crippen LogP contribution in [0.25, 0.3) is 0 Å². The van der Waals surface area contributed by atoms with E-state index >= 15 is 0 Å². The molecule has 0 heterocycles. The maximum atomic E-state index is 12.7. The van der Waals surface area contributed by atoms with Crippen LogP contribution >= 0.6 is 0 Å². The van der Waals surface area contributed by atoms with Crippen molar-refractivity contribution in [1.82, 2.24) is 0 Å². The average Bonchev–Trinajstić information content (AvgIpc) is 2.34.